The van der Waals surface area contributed by atoms with Gasteiger partial charge in [-0.2, -0.15) is 0 Å². The first-order valence-corrected chi connectivity index (χ1v) is 10.6. The Morgan fingerprint density at radius 1 is 0.909 bits per heavy atom. The SMILES string of the molecule is CCC(C)C(NC(=O)C(C)NC(=O)C(N)Cc1ccccc1)C(=O)NC(CC(=O)O)C(=O)O. The number of carbonyl (C=O) groups excluding carboxylic acids is 3. The zero-order chi connectivity index (χ0) is 25.1. The van der Waals surface area contributed by atoms with Crippen LogP contribution in [0.2, 0.25) is 0 Å². The van der Waals surface area contributed by atoms with Gasteiger partial charge in [0, 0.05) is 0 Å². The van der Waals surface area contributed by atoms with E-state index in [2.05, 4.69) is 16.0 Å². The zero-order valence-electron chi connectivity index (χ0n) is 18.9. The van der Waals surface area contributed by atoms with E-state index in [1.807, 2.05) is 30.3 Å². The fraction of sp³-hybridized carbons (Fsp3) is 0.500. The lowest BCUT2D eigenvalue weighted by molar-refractivity contribution is -0.147. The van der Waals surface area contributed by atoms with Crippen LogP contribution in [0.15, 0.2) is 30.3 Å². The molecule has 5 atom stereocenters. The van der Waals surface area contributed by atoms with Gasteiger partial charge in [-0.15, -0.1) is 0 Å². The lowest BCUT2D eigenvalue weighted by atomic mass is 9.97. The molecule has 0 heterocycles. The van der Waals surface area contributed by atoms with Crippen molar-refractivity contribution in [3.05, 3.63) is 35.9 Å². The van der Waals surface area contributed by atoms with Gasteiger partial charge in [0.05, 0.1) is 12.5 Å². The number of nitrogens with two attached hydrogens (primary N) is 1. The molecule has 0 aliphatic rings. The summed E-state index contributed by atoms with van der Waals surface area (Å²) in [4.78, 5) is 59.8. The molecule has 0 saturated carbocycles. The van der Waals surface area contributed by atoms with E-state index in [0.29, 0.717) is 6.42 Å². The van der Waals surface area contributed by atoms with Crippen LogP contribution in [0, 0.1) is 5.92 Å². The number of carboxylic acids is 2. The third kappa shape index (κ3) is 9.27. The average molecular weight is 465 g/mol. The van der Waals surface area contributed by atoms with Crippen LogP contribution in [0.25, 0.3) is 0 Å². The van der Waals surface area contributed by atoms with Gasteiger partial charge in [0.2, 0.25) is 17.7 Å². The molecule has 11 heteroatoms. The smallest absolute Gasteiger partial charge is 0.326 e. The lowest BCUT2D eigenvalue weighted by Crippen LogP contribution is -2.58. The second-order valence-corrected chi connectivity index (χ2v) is 7.90. The predicted molar refractivity (Wildman–Crippen MR) is 119 cm³/mol. The summed E-state index contributed by atoms with van der Waals surface area (Å²) < 4.78 is 0. The molecule has 3 amide bonds. The quantitative estimate of drug-likeness (QED) is 0.228. The highest BCUT2D eigenvalue weighted by atomic mass is 16.4. The minimum absolute atomic E-state index is 0.277. The van der Waals surface area contributed by atoms with Crippen molar-refractivity contribution < 1.29 is 34.2 Å². The summed E-state index contributed by atoms with van der Waals surface area (Å²) in [5.41, 5.74) is 6.79. The lowest BCUT2D eigenvalue weighted by Gasteiger charge is -2.27. The molecule has 0 aromatic heterocycles. The molecule has 1 aromatic carbocycles. The number of nitrogens with one attached hydrogen (secondary N) is 3. The minimum Gasteiger partial charge on any atom is -0.481 e. The Morgan fingerprint density at radius 3 is 2.03 bits per heavy atom. The molecule has 182 valence electrons. The average Bonchev–Trinajstić information content (AvgIpc) is 2.76. The van der Waals surface area contributed by atoms with E-state index >= 15 is 0 Å². The normalized spacial score (nSPS) is 15.3. The monoisotopic (exact) mass is 464 g/mol. The van der Waals surface area contributed by atoms with Gasteiger partial charge in [0.15, 0.2) is 0 Å². The Kier molecular flexibility index (Phi) is 11.0. The fourth-order valence-corrected chi connectivity index (χ4v) is 2.96. The van der Waals surface area contributed by atoms with Crippen molar-refractivity contribution in [3.63, 3.8) is 0 Å². The van der Waals surface area contributed by atoms with Crippen molar-refractivity contribution in [3.8, 4) is 0 Å². The standard InChI is InChI=1S/C22H32N4O7/c1-4-12(2)18(21(31)25-16(22(32)33)11-17(27)28)26-19(29)13(3)24-20(30)15(23)10-14-8-6-5-7-9-14/h5-9,12-13,15-16,18H,4,10-11,23H2,1-3H3,(H,24,30)(H,25,31)(H,26,29)(H,27,28)(H,32,33). The van der Waals surface area contributed by atoms with E-state index in [9.17, 15) is 24.0 Å². The van der Waals surface area contributed by atoms with Crippen LogP contribution in [0.3, 0.4) is 0 Å². The Morgan fingerprint density at radius 2 is 1.52 bits per heavy atom. The highest BCUT2D eigenvalue weighted by Gasteiger charge is 2.32. The number of carboxylic acid groups (broad SMARTS) is 2. The van der Waals surface area contributed by atoms with Crippen LogP contribution in [-0.2, 0) is 30.4 Å². The first-order chi connectivity index (χ1) is 15.5. The van der Waals surface area contributed by atoms with Gasteiger partial charge in [0.25, 0.3) is 0 Å². The number of hydrogen-bond acceptors (Lipinski definition) is 6. The summed E-state index contributed by atoms with van der Waals surface area (Å²) in [6.07, 6.45) is -0.0647. The van der Waals surface area contributed by atoms with Crippen molar-refractivity contribution >= 4 is 29.7 Å². The maximum Gasteiger partial charge on any atom is 0.326 e. The number of amides is 3. The van der Waals surface area contributed by atoms with Crippen LogP contribution < -0.4 is 21.7 Å². The largest absolute Gasteiger partial charge is 0.481 e. The number of aliphatic carboxylic acids is 2. The summed E-state index contributed by atoms with van der Waals surface area (Å²) in [7, 11) is 0. The van der Waals surface area contributed by atoms with E-state index < -0.39 is 66.2 Å². The summed E-state index contributed by atoms with van der Waals surface area (Å²) in [5.74, 6) is -5.33. The topological polar surface area (TPSA) is 188 Å². The van der Waals surface area contributed by atoms with E-state index in [-0.39, 0.29) is 6.42 Å². The molecule has 0 bridgehead atoms. The molecule has 0 radical (unpaired) electrons. The Labute approximate surface area is 192 Å². The molecule has 0 aliphatic carbocycles. The fourth-order valence-electron chi connectivity index (χ4n) is 2.96. The minimum atomic E-state index is -1.65. The van der Waals surface area contributed by atoms with E-state index in [0.717, 1.165) is 5.56 Å². The van der Waals surface area contributed by atoms with Crippen LogP contribution in [-0.4, -0.2) is 64.0 Å². The third-order valence-electron chi connectivity index (χ3n) is 5.17. The molecule has 33 heavy (non-hydrogen) atoms. The first kappa shape index (κ1) is 27.6. The summed E-state index contributed by atoms with van der Waals surface area (Å²) in [6.45, 7) is 4.88. The maximum absolute atomic E-state index is 12.6. The van der Waals surface area contributed by atoms with Crippen molar-refractivity contribution in [1.82, 2.24) is 16.0 Å². The predicted octanol–water partition coefficient (Wildman–Crippen LogP) is -0.364. The van der Waals surface area contributed by atoms with Gasteiger partial charge in [-0.05, 0) is 24.8 Å². The van der Waals surface area contributed by atoms with E-state index in [1.54, 1.807) is 13.8 Å². The second kappa shape index (κ2) is 13.2. The van der Waals surface area contributed by atoms with Crippen molar-refractivity contribution in [2.45, 2.75) is 64.2 Å². The highest BCUT2D eigenvalue weighted by molar-refractivity contribution is 5.94. The molecule has 0 aliphatic heterocycles. The summed E-state index contributed by atoms with van der Waals surface area (Å²) >= 11 is 0. The molecular formula is C22H32N4O7. The molecule has 7 N–H and O–H groups in total. The van der Waals surface area contributed by atoms with Gasteiger partial charge < -0.3 is 31.9 Å². The van der Waals surface area contributed by atoms with Gasteiger partial charge in [-0.1, -0.05) is 50.6 Å². The molecule has 1 rings (SSSR count). The number of rotatable bonds is 13. The first-order valence-electron chi connectivity index (χ1n) is 10.6. The highest BCUT2D eigenvalue weighted by Crippen LogP contribution is 2.10. The van der Waals surface area contributed by atoms with Crippen molar-refractivity contribution in [2.24, 2.45) is 11.7 Å². The zero-order valence-corrected chi connectivity index (χ0v) is 18.9. The van der Waals surface area contributed by atoms with Crippen LogP contribution in [0.1, 0.15) is 39.2 Å². The molecule has 0 fully saturated rings. The summed E-state index contributed by atoms with van der Waals surface area (Å²) in [5, 5.41) is 25.2. The van der Waals surface area contributed by atoms with Gasteiger partial charge in [0.1, 0.15) is 18.1 Å². The van der Waals surface area contributed by atoms with Crippen LogP contribution >= 0.6 is 0 Å². The number of hydrogen-bond donors (Lipinski definition) is 6. The molecule has 5 unspecified atom stereocenters. The molecule has 0 spiro atoms. The van der Waals surface area contributed by atoms with Gasteiger partial charge >= 0.3 is 11.9 Å². The van der Waals surface area contributed by atoms with Crippen LogP contribution in [0.4, 0.5) is 0 Å². The van der Waals surface area contributed by atoms with Gasteiger partial charge in [-0.25, -0.2) is 4.79 Å². The molecule has 0 saturated heterocycles. The molecule has 11 nitrogen and oxygen atoms in total. The summed E-state index contributed by atoms with van der Waals surface area (Å²) in [6, 6.07) is 4.45. The molecular weight excluding hydrogens is 432 g/mol. The third-order valence-corrected chi connectivity index (χ3v) is 5.17. The van der Waals surface area contributed by atoms with Crippen molar-refractivity contribution in [1.29, 1.82) is 0 Å². The Bertz CT molecular complexity index is 846. The van der Waals surface area contributed by atoms with Crippen LogP contribution in [0.5, 0.6) is 0 Å². The number of benzene rings is 1. The van der Waals surface area contributed by atoms with E-state index in [1.165, 1.54) is 6.92 Å². The van der Waals surface area contributed by atoms with Gasteiger partial charge in [-0.3, -0.25) is 19.2 Å². The van der Waals surface area contributed by atoms with Crippen molar-refractivity contribution in [2.75, 3.05) is 0 Å². The second-order valence-electron chi connectivity index (χ2n) is 7.90. The Hall–Kier alpha value is -3.47. The Balaban J connectivity index is 2.78. The number of carbonyl (C=O) groups is 5. The molecule has 1 aromatic rings. The van der Waals surface area contributed by atoms with E-state index in [4.69, 9.17) is 15.9 Å². The maximum atomic E-state index is 12.6.